The highest BCUT2D eigenvalue weighted by molar-refractivity contribution is 7.99. The standard InChI is InChI=1S/C13H13N3OS/c1-18-9-12(17)16-11-7-14-13(15-8-11)10-5-3-2-4-6-10/h2-8H,9H2,1H3,(H,16,17). The van der Waals surface area contributed by atoms with Gasteiger partial charge in [-0.15, -0.1) is 0 Å². The molecule has 0 radical (unpaired) electrons. The van der Waals surface area contributed by atoms with E-state index in [1.807, 2.05) is 36.6 Å². The fraction of sp³-hybridized carbons (Fsp3) is 0.154. The Morgan fingerprint density at radius 2 is 1.89 bits per heavy atom. The Bertz CT molecular complexity index is 514. The topological polar surface area (TPSA) is 54.9 Å². The van der Waals surface area contributed by atoms with Crippen LogP contribution in [0.1, 0.15) is 0 Å². The summed E-state index contributed by atoms with van der Waals surface area (Å²) in [5, 5.41) is 2.74. The molecule has 18 heavy (non-hydrogen) atoms. The first-order valence-electron chi connectivity index (χ1n) is 5.46. The van der Waals surface area contributed by atoms with Crippen LogP contribution in [0, 0.1) is 0 Å². The summed E-state index contributed by atoms with van der Waals surface area (Å²) >= 11 is 1.48. The number of carbonyl (C=O) groups excluding carboxylic acids is 1. The molecule has 0 bridgehead atoms. The normalized spacial score (nSPS) is 10.1. The maximum absolute atomic E-state index is 11.4. The Labute approximate surface area is 110 Å². The third-order valence-electron chi connectivity index (χ3n) is 2.24. The van der Waals surface area contributed by atoms with Crippen molar-refractivity contribution in [2.24, 2.45) is 0 Å². The number of nitrogens with zero attached hydrogens (tertiary/aromatic N) is 2. The summed E-state index contributed by atoms with van der Waals surface area (Å²) in [7, 11) is 0. The van der Waals surface area contributed by atoms with Gasteiger partial charge in [0.05, 0.1) is 23.8 Å². The van der Waals surface area contributed by atoms with Crippen molar-refractivity contribution in [2.75, 3.05) is 17.3 Å². The fourth-order valence-electron chi connectivity index (χ4n) is 1.46. The van der Waals surface area contributed by atoms with E-state index in [1.165, 1.54) is 11.8 Å². The van der Waals surface area contributed by atoms with E-state index in [-0.39, 0.29) is 5.91 Å². The maximum Gasteiger partial charge on any atom is 0.234 e. The van der Waals surface area contributed by atoms with Crippen LogP contribution >= 0.6 is 11.8 Å². The number of hydrogen-bond acceptors (Lipinski definition) is 4. The monoisotopic (exact) mass is 259 g/mol. The van der Waals surface area contributed by atoms with Gasteiger partial charge in [-0.3, -0.25) is 4.79 Å². The summed E-state index contributed by atoms with van der Waals surface area (Å²) in [5.74, 6) is 1.04. The molecule has 4 nitrogen and oxygen atoms in total. The number of amides is 1. The molecular weight excluding hydrogens is 246 g/mol. The molecule has 5 heteroatoms. The van der Waals surface area contributed by atoms with Crippen molar-refractivity contribution in [3.8, 4) is 11.4 Å². The van der Waals surface area contributed by atoms with E-state index in [4.69, 9.17) is 0 Å². The molecule has 0 saturated carbocycles. The molecule has 0 unspecified atom stereocenters. The van der Waals surface area contributed by atoms with Gasteiger partial charge < -0.3 is 5.32 Å². The van der Waals surface area contributed by atoms with Gasteiger partial charge in [-0.1, -0.05) is 30.3 Å². The van der Waals surface area contributed by atoms with Gasteiger partial charge >= 0.3 is 0 Å². The van der Waals surface area contributed by atoms with Gasteiger partial charge in [0.1, 0.15) is 0 Å². The Hall–Kier alpha value is -1.88. The number of nitrogens with one attached hydrogen (secondary N) is 1. The number of hydrogen-bond donors (Lipinski definition) is 1. The average molecular weight is 259 g/mol. The van der Waals surface area contributed by atoms with Gasteiger partial charge in [0.25, 0.3) is 0 Å². The number of anilines is 1. The Balaban J connectivity index is 2.09. The third-order valence-corrected chi connectivity index (χ3v) is 2.79. The number of carbonyl (C=O) groups is 1. The first-order chi connectivity index (χ1) is 8.79. The van der Waals surface area contributed by atoms with E-state index in [2.05, 4.69) is 15.3 Å². The lowest BCUT2D eigenvalue weighted by atomic mass is 10.2. The lowest BCUT2D eigenvalue weighted by molar-refractivity contribution is -0.113. The second-order valence-electron chi connectivity index (χ2n) is 3.64. The molecule has 0 atom stereocenters. The van der Waals surface area contributed by atoms with Crippen LogP contribution in [-0.2, 0) is 4.79 Å². The second kappa shape index (κ2) is 6.16. The highest BCUT2D eigenvalue weighted by Gasteiger charge is 2.03. The summed E-state index contributed by atoms with van der Waals surface area (Å²) in [5.41, 5.74) is 1.58. The molecule has 2 aromatic rings. The van der Waals surface area contributed by atoms with E-state index in [9.17, 15) is 4.79 Å². The van der Waals surface area contributed by atoms with Crippen molar-refractivity contribution >= 4 is 23.4 Å². The quantitative estimate of drug-likeness (QED) is 0.916. The molecule has 1 amide bonds. The molecule has 0 aliphatic rings. The van der Waals surface area contributed by atoms with Crippen LogP contribution in [0.4, 0.5) is 5.69 Å². The van der Waals surface area contributed by atoms with Crippen molar-refractivity contribution < 1.29 is 4.79 Å². The Kier molecular flexibility index (Phi) is 4.30. The van der Waals surface area contributed by atoms with Gasteiger partial charge in [-0.25, -0.2) is 9.97 Å². The van der Waals surface area contributed by atoms with Crippen molar-refractivity contribution in [1.29, 1.82) is 0 Å². The Morgan fingerprint density at radius 3 is 2.50 bits per heavy atom. The van der Waals surface area contributed by atoms with Crippen LogP contribution in [0.15, 0.2) is 42.7 Å². The summed E-state index contributed by atoms with van der Waals surface area (Å²) in [4.78, 5) is 19.8. The molecule has 0 aliphatic carbocycles. The molecule has 0 fully saturated rings. The van der Waals surface area contributed by atoms with Gasteiger partial charge in [-0.2, -0.15) is 11.8 Å². The first kappa shape index (κ1) is 12.6. The molecule has 1 aromatic heterocycles. The van der Waals surface area contributed by atoms with Crippen LogP contribution in [0.5, 0.6) is 0 Å². The largest absolute Gasteiger partial charge is 0.323 e. The SMILES string of the molecule is CSCC(=O)Nc1cnc(-c2ccccc2)nc1. The van der Waals surface area contributed by atoms with Gasteiger partial charge in [0.2, 0.25) is 5.91 Å². The molecular formula is C13H13N3OS. The van der Waals surface area contributed by atoms with E-state index >= 15 is 0 Å². The number of benzene rings is 1. The Morgan fingerprint density at radius 1 is 1.22 bits per heavy atom. The predicted molar refractivity (Wildman–Crippen MR) is 74.5 cm³/mol. The fourth-order valence-corrected chi connectivity index (χ4v) is 1.79. The molecule has 1 heterocycles. The lowest BCUT2D eigenvalue weighted by Gasteiger charge is -2.04. The van der Waals surface area contributed by atoms with E-state index in [0.717, 1.165) is 5.56 Å². The zero-order chi connectivity index (χ0) is 12.8. The minimum absolute atomic E-state index is 0.0430. The van der Waals surface area contributed by atoms with Gasteiger partial charge in [0, 0.05) is 5.56 Å². The second-order valence-corrected chi connectivity index (χ2v) is 4.51. The maximum atomic E-state index is 11.4. The molecule has 1 aromatic carbocycles. The summed E-state index contributed by atoms with van der Waals surface area (Å²) in [6.45, 7) is 0. The van der Waals surface area contributed by atoms with Crippen molar-refractivity contribution in [3.05, 3.63) is 42.7 Å². The predicted octanol–water partition coefficient (Wildman–Crippen LogP) is 2.45. The van der Waals surface area contributed by atoms with Crippen molar-refractivity contribution in [1.82, 2.24) is 9.97 Å². The highest BCUT2D eigenvalue weighted by atomic mass is 32.2. The number of aromatic nitrogens is 2. The minimum atomic E-state index is -0.0430. The molecule has 92 valence electrons. The van der Waals surface area contributed by atoms with Gasteiger partial charge in [0.15, 0.2) is 5.82 Å². The summed E-state index contributed by atoms with van der Waals surface area (Å²) in [6.07, 6.45) is 5.12. The first-order valence-corrected chi connectivity index (χ1v) is 6.85. The van der Waals surface area contributed by atoms with Crippen LogP contribution in [0.3, 0.4) is 0 Å². The van der Waals surface area contributed by atoms with Crippen LogP contribution in [0.2, 0.25) is 0 Å². The zero-order valence-corrected chi connectivity index (χ0v) is 10.8. The smallest absolute Gasteiger partial charge is 0.234 e. The molecule has 1 N–H and O–H groups in total. The summed E-state index contributed by atoms with van der Waals surface area (Å²) in [6, 6.07) is 9.71. The molecule has 0 spiro atoms. The average Bonchev–Trinajstić information content (AvgIpc) is 2.41. The lowest BCUT2D eigenvalue weighted by Crippen LogP contribution is -2.14. The van der Waals surface area contributed by atoms with E-state index in [1.54, 1.807) is 12.4 Å². The van der Waals surface area contributed by atoms with E-state index < -0.39 is 0 Å². The number of rotatable bonds is 4. The van der Waals surface area contributed by atoms with Gasteiger partial charge in [-0.05, 0) is 6.26 Å². The highest BCUT2D eigenvalue weighted by Crippen LogP contribution is 2.14. The van der Waals surface area contributed by atoms with E-state index in [0.29, 0.717) is 17.3 Å². The molecule has 0 aliphatic heterocycles. The summed E-state index contributed by atoms with van der Waals surface area (Å²) < 4.78 is 0. The third kappa shape index (κ3) is 3.30. The zero-order valence-electron chi connectivity index (χ0n) is 9.96. The number of thioether (sulfide) groups is 1. The molecule has 2 rings (SSSR count). The van der Waals surface area contributed by atoms with Crippen molar-refractivity contribution in [3.63, 3.8) is 0 Å². The van der Waals surface area contributed by atoms with Crippen LogP contribution < -0.4 is 5.32 Å². The van der Waals surface area contributed by atoms with Crippen LogP contribution in [0.25, 0.3) is 11.4 Å². The van der Waals surface area contributed by atoms with Crippen LogP contribution in [-0.4, -0.2) is 27.9 Å². The molecule has 0 saturated heterocycles. The minimum Gasteiger partial charge on any atom is -0.323 e. The van der Waals surface area contributed by atoms with Crippen molar-refractivity contribution in [2.45, 2.75) is 0 Å².